The first-order valence-corrected chi connectivity index (χ1v) is 7.37. The number of piperidine rings is 1. The topological polar surface area (TPSA) is 78.4 Å². The van der Waals surface area contributed by atoms with E-state index in [1.54, 1.807) is 0 Å². The van der Waals surface area contributed by atoms with Gasteiger partial charge in [0.15, 0.2) is 0 Å². The number of amides is 2. The molecular weight excluding hydrogens is 244 g/mol. The summed E-state index contributed by atoms with van der Waals surface area (Å²) in [7, 11) is 0. The lowest BCUT2D eigenvalue weighted by atomic mass is 9.84. The van der Waals surface area contributed by atoms with Crippen molar-refractivity contribution in [1.82, 2.24) is 10.6 Å². The van der Waals surface area contributed by atoms with Crippen LogP contribution in [0.2, 0.25) is 0 Å². The van der Waals surface area contributed by atoms with E-state index < -0.39 is 0 Å². The maximum absolute atomic E-state index is 12.3. The molecule has 3 N–H and O–H groups in total. The summed E-state index contributed by atoms with van der Waals surface area (Å²) in [5.41, 5.74) is 0. The highest BCUT2D eigenvalue weighted by Gasteiger charge is 2.48. The number of hydrogen-bond acceptors (Lipinski definition) is 3. The van der Waals surface area contributed by atoms with Crippen LogP contribution in [0.3, 0.4) is 0 Å². The monoisotopic (exact) mass is 266 g/mol. The number of fused-ring (bicyclic) bond motifs is 2. The minimum absolute atomic E-state index is 0.00542. The molecule has 1 heterocycles. The van der Waals surface area contributed by atoms with Crippen LogP contribution in [0, 0.1) is 23.7 Å². The highest BCUT2D eigenvalue weighted by atomic mass is 16.3. The number of carbonyl (C=O) groups is 2. The Kier molecular flexibility index (Phi) is 3.48. The van der Waals surface area contributed by atoms with E-state index in [0.717, 1.165) is 19.3 Å². The third-order valence-electron chi connectivity index (χ3n) is 5.23. The molecule has 2 bridgehead atoms. The van der Waals surface area contributed by atoms with Crippen molar-refractivity contribution in [3.63, 3.8) is 0 Å². The quantitative estimate of drug-likeness (QED) is 0.674. The lowest BCUT2D eigenvalue weighted by Crippen LogP contribution is -2.49. The zero-order valence-electron chi connectivity index (χ0n) is 11.1. The van der Waals surface area contributed by atoms with Gasteiger partial charge in [0.2, 0.25) is 11.8 Å². The third-order valence-corrected chi connectivity index (χ3v) is 5.23. The second kappa shape index (κ2) is 5.12. The Morgan fingerprint density at radius 1 is 1.32 bits per heavy atom. The van der Waals surface area contributed by atoms with E-state index in [9.17, 15) is 14.7 Å². The van der Waals surface area contributed by atoms with Gasteiger partial charge in [-0.1, -0.05) is 0 Å². The first-order chi connectivity index (χ1) is 9.19. The summed E-state index contributed by atoms with van der Waals surface area (Å²) in [6.45, 7) is 0.758. The predicted octanol–water partition coefficient (Wildman–Crippen LogP) is 0.0358. The van der Waals surface area contributed by atoms with Crippen molar-refractivity contribution in [3.05, 3.63) is 0 Å². The fourth-order valence-electron chi connectivity index (χ4n) is 4.19. The molecule has 3 fully saturated rings. The van der Waals surface area contributed by atoms with Crippen LogP contribution >= 0.6 is 0 Å². The summed E-state index contributed by atoms with van der Waals surface area (Å²) < 4.78 is 0. The van der Waals surface area contributed by atoms with Crippen LogP contribution in [0.4, 0.5) is 0 Å². The Hall–Kier alpha value is -1.10. The van der Waals surface area contributed by atoms with E-state index in [1.807, 2.05) is 0 Å². The zero-order valence-corrected chi connectivity index (χ0v) is 11.1. The van der Waals surface area contributed by atoms with Crippen LogP contribution in [0.1, 0.15) is 32.1 Å². The van der Waals surface area contributed by atoms with Gasteiger partial charge in [0.05, 0.1) is 0 Å². The lowest BCUT2D eigenvalue weighted by Gasteiger charge is -2.32. The standard InChI is InChI=1S/C14H22N2O3/c17-7-11-8-1-2-9(5-8)13(11)16-14(19)10-3-4-15-12(18)6-10/h8-11,13,17H,1-7H2,(H,15,18)(H,16,19). The minimum Gasteiger partial charge on any atom is -0.396 e. The van der Waals surface area contributed by atoms with Crippen molar-refractivity contribution < 1.29 is 14.7 Å². The van der Waals surface area contributed by atoms with E-state index >= 15 is 0 Å². The normalized spacial score (nSPS) is 41.1. The molecule has 0 radical (unpaired) electrons. The van der Waals surface area contributed by atoms with E-state index in [1.165, 1.54) is 6.42 Å². The van der Waals surface area contributed by atoms with E-state index in [2.05, 4.69) is 10.6 Å². The largest absolute Gasteiger partial charge is 0.396 e. The van der Waals surface area contributed by atoms with Crippen molar-refractivity contribution in [1.29, 1.82) is 0 Å². The van der Waals surface area contributed by atoms with E-state index in [4.69, 9.17) is 0 Å². The Bertz CT molecular complexity index is 385. The second-order valence-electron chi connectivity index (χ2n) is 6.25. The molecule has 1 aliphatic heterocycles. The van der Waals surface area contributed by atoms with Crippen molar-refractivity contribution in [2.24, 2.45) is 23.7 Å². The Morgan fingerprint density at radius 2 is 2.11 bits per heavy atom. The molecule has 5 nitrogen and oxygen atoms in total. The second-order valence-corrected chi connectivity index (χ2v) is 6.25. The fourth-order valence-corrected chi connectivity index (χ4v) is 4.19. The summed E-state index contributed by atoms with van der Waals surface area (Å²) in [5.74, 6) is 1.12. The number of aliphatic hydroxyl groups is 1. The van der Waals surface area contributed by atoms with Crippen molar-refractivity contribution in [3.8, 4) is 0 Å². The SMILES string of the molecule is O=C1CC(C(=O)NC2C3CCC(C3)C2CO)CCN1. The number of hydrogen-bond donors (Lipinski definition) is 3. The van der Waals surface area contributed by atoms with Gasteiger partial charge in [0, 0.05) is 37.5 Å². The Morgan fingerprint density at radius 3 is 2.84 bits per heavy atom. The number of carbonyl (C=O) groups excluding carboxylic acids is 2. The van der Waals surface area contributed by atoms with Crippen LogP contribution in [0.15, 0.2) is 0 Å². The Labute approximate surface area is 113 Å². The highest BCUT2D eigenvalue weighted by molar-refractivity contribution is 5.87. The molecule has 106 valence electrons. The van der Waals surface area contributed by atoms with Crippen LogP contribution in [-0.4, -0.2) is 36.1 Å². The molecule has 0 spiro atoms. The molecule has 1 saturated heterocycles. The molecule has 5 heteroatoms. The van der Waals surface area contributed by atoms with Gasteiger partial charge < -0.3 is 15.7 Å². The molecule has 0 aromatic heterocycles. The van der Waals surface area contributed by atoms with Crippen molar-refractivity contribution in [2.45, 2.75) is 38.1 Å². The third kappa shape index (κ3) is 2.36. The van der Waals surface area contributed by atoms with Gasteiger partial charge in [0.1, 0.15) is 0 Å². The highest BCUT2D eigenvalue weighted by Crippen LogP contribution is 2.48. The van der Waals surface area contributed by atoms with E-state index in [0.29, 0.717) is 24.8 Å². The predicted molar refractivity (Wildman–Crippen MR) is 69.1 cm³/mol. The molecule has 3 rings (SSSR count). The van der Waals surface area contributed by atoms with Gasteiger partial charge in [0.25, 0.3) is 0 Å². The van der Waals surface area contributed by atoms with Gasteiger partial charge in [-0.2, -0.15) is 0 Å². The van der Waals surface area contributed by atoms with Gasteiger partial charge in [-0.3, -0.25) is 9.59 Å². The number of aliphatic hydroxyl groups excluding tert-OH is 1. The van der Waals surface area contributed by atoms with Crippen molar-refractivity contribution >= 4 is 11.8 Å². The van der Waals surface area contributed by atoms with Crippen molar-refractivity contribution in [2.75, 3.05) is 13.2 Å². The molecule has 2 saturated carbocycles. The minimum atomic E-state index is -0.188. The molecule has 5 atom stereocenters. The fraction of sp³-hybridized carbons (Fsp3) is 0.857. The molecule has 19 heavy (non-hydrogen) atoms. The maximum atomic E-state index is 12.3. The van der Waals surface area contributed by atoms with E-state index in [-0.39, 0.29) is 36.3 Å². The average Bonchev–Trinajstić information content (AvgIpc) is 2.99. The average molecular weight is 266 g/mol. The molecule has 5 unspecified atom stereocenters. The summed E-state index contributed by atoms with van der Waals surface area (Å²) in [6.07, 6.45) is 4.52. The summed E-state index contributed by atoms with van der Waals surface area (Å²) in [4.78, 5) is 23.6. The smallest absolute Gasteiger partial charge is 0.223 e. The molecule has 2 amide bonds. The molecule has 0 aromatic carbocycles. The first kappa shape index (κ1) is 12.9. The van der Waals surface area contributed by atoms with Gasteiger partial charge in [-0.25, -0.2) is 0 Å². The van der Waals surface area contributed by atoms with Crippen LogP contribution in [0.25, 0.3) is 0 Å². The molecular formula is C14H22N2O3. The number of rotatable bonds is 3. The maximum Gasteiger partial charge on any atom is 0.223 e. The van der Waals surface area contributed by atoms with Crippen LogP contribution < -0.4 is 10.6 Å². The first-order valence-electron chi connectivity index (χ1n) is 7.37. The summed E-state index contributed by atoms with van der Waals surface area (Å²) >= 11 is 0. The zero-order chi connectivity index (χ0) is 13.4. The number of nitrogens with one attached hydrogen (secondary N) is 2. The van der Waals surface area contributed by atoms with Crippen LogP contribution in [0.5, 0.6) is 0 Å². The van der Waals surface area contributed by atoms with Gasteiger partial charge >= 0.3 is 0 Å². The molecule has 3 aliphatic rings. The summed E-state index contributed by atoms with van der Waals surface area (Å²) in [6, 6.07) is 0.126. The summed E-state index contributed by atoms with van der Waals surface area (Å²) in [5, 5.41) is 15.4. The molecule has 2 aliphatic carbocycles. The lowest BCUT2D eigenvalue weighted by molar-refractivity contribution is -0.133. The van der Waals surface area contributed by atoms with Gasteiger partial charge in [-0.15, -0.1) is 0 Å². The van der Waals surface area contributed by atoms with Gasteiger partial charge in [-0.05, 0) is 37.5 Å². The van der Waals surface area contributed by atoms with Crippen LogP contribution in [-0.2, 0) is 9.59 Å². The Balaban J connectivity index is 1.61. The molecule has 0 aromatic rings.